The van der Waals surface area contributed by atoms with Crippen LogP contribution in [0, 0.1) is 0 Å². The number of rotatable bonds is 9. The van der Waals surface area contributed by atoms with Crippen molar-refractivity contribution in [1.82, 2.24) is 4.90 Å². The van der Waals surface area contributed by atoms with Crippen LogP contribution in [0.1, 0.15) is 34.8 Å². The lowest BCUT2D eigenvalue weighted by molar-refractivity contribution is 0.100. The van der Waals surface area contributed by atoms with E-state index in [0.717, 1.165) is 37.4 Å². The molecule has 0 radical (unpaired) electrons. The van der Waals surface area contributed by atoms with Crippen LogP contribution in [-0.2, 0) is 6.54 Å². The largest absolute Gasteiger partial charge is 0.494 e. The maximum atomic E-state index is 12.7. The molecule has 4 rings (SSSR count). The summed E-state index contributed by atoms with van der Waals surface area (Å²) < 4.78 is 11.6. The Morgan fingerprint density at radius 1 is 0.969 bits per heavy atom. The number of fused-ring (bicyclic) bond motifs is 1. The Kier molecular flexibility index (Phi) is 7.36. The Morgan fingerprint density at radius 2 is 1.72 bits per heavy atom. The van der Waals surface area contributed by atoms with Gasteiger partial charge in [-0.2, -0.15) is 0 Å². The van der Waals surface area contributed by atoms with Crippen LogP contribution in [0.15, 0.2) is 84.4 Å². The van der Waals surface area contributed by atoms with Gasteiger partial charge in [-0.3, -0.25) is 9.69 Å². The van der Waals surface area contributed by atoms with Gasteiger partial charge in [0.15, 0.2) is 5.78 Å². The molecule has 0 unspecified atom stereocenters. The molecular weight excluding hydrogens is 398 g/mol. The molecule has 0 saturated heterocycles. The first-order valence-electron chi connectivity index (χ1n) is 11.2. The van der Waals surface area contributed by atoms with Gasteiger partial charge >= 0.3 is 0 Å². The first-order chi connectivity index (χ1) is 15.7. The van der Waals surface area contributed by atoms with Gasteiger partial charge in [0.25, 0.3) is 0 Å². The molecule has 0 fully saturated rings. The fourth-order valence-electron chi connectivity index (χ4n) is 3.81. The lowest BCUT2D eigenvalue weighted by Gasteiger charge is -2.20. The van der Waals surface area contributed by atoms with E-state index in [-0.39, 0.29) is 5.78 Å². The fraction of sp³-hybridized carbons (Fsp3) is 0.250. The molecule has 4 nitrogen and oxygen atoms in total. The van der Waals surface area contributed by atoms with Gasteiger partial charge in [0.2, 0.25) is 0 Å². The third-order valence-corrected chi connectivity index (χ3v) is 5.61. The second kappa shape index (κ2) is 10.8. The Balaban J connectivity index is 1.26. The third kappa shape index (κ3) is 5.65. The molecule has 3 aromatic rings. The summed E-state index contributed by atoms with van der Waals surface area (Å²) in [6.45, 7) is 6.15. The third-order valence-electron chi connectivity index (χ3n) is 5.61. The second-order valence-electron chi connectivity index (χ2n) is 7.91. The summed E-state index contributed by atoms with van der Waals surface area (Å²) in [6.07, 6.45) is 2.86. The molecule has 4 heteroatoms. The number of carbonyl (C=O) groups is 1. The average molecular weight is 428 g/mol. The monoisotopic (exact) mass is 427 g/mol. The minimum Gasteiger partial charge on any atom is -0.494 e. The van der Waals surface area contributed by atoms with Crippen molar-refractivity contribution in [3.63, 3.8) is 0 Å². The van der Waals surface area contributed by atoms with Gasteiger partial charge < -0.3 is 9.47 Å². The molecule has 0 atom stereocenters. The molecule has 32 heavy (non-hydrogen) atoms. The zero-order valence-electron chi connectivity index (χ0n) is 18.5. The molecule has 0 bridgehead atoms. The highest BCUT2D eigenvalue weighted by Crippen LogP contribution is 2.27. The van der Waals surface area contributed by atoms with Crippen LogP contribution in [0.5, 0.6) is 11.5 Å². The number of ether oxygens (including phenoxy) is 2. The SMILES string of the molecule is CCN(CCCOc1ccc(/C=C2\COc3ccccc3C2=O)cc1)Cc1ccccc1. The molecule has 0 spiro atoms. The van der Waals surface area contributed by atoms with Crippen molar-refractivity contribution in [3.8, 4) is 11.5 Å². The van der Waals surface area contributed by atoms with Crippen LogP contribution in [0.4, 0.5) is 0 Å². The van der Waals surface area contributed by atoms with E-state index >= 15 is 0 Å². The lowest BCUT2D eigenvalue weighted by atomic mass is 9.98. The number of nitrogens with zero attached hydrogens (tertiary/aromatic N) is 1. The average Bonchev–Trinajstić information content (AvgIpc) is 2.84. The number of hydrogen-bond acceptors (Lipinski definition) is 4. The lowest BCUT2D eigenvalue weighted by Crippen LogP contribution is -2.25. The highest BCUT2D eigenvalue weighted by atomic mass is 16.5. The number of benzene rings is 3. The first-order valence-corrected chi connectivity index (χ1v) is 11.2. The number of carbonyl (C=O) groups excluding carboxylic acids is 1. The van der Waals surface area contributed by atoms with Crippen LogP contribution in [0.2, 0.25) is 0 Å². The number of para-hydroxylation sites is 1. The van der Waals surface area contributed by atoms with Crippen LogP contribution in [0.3, 0.4) is 0 Å². The molecule has 0 aliphatic carbocycles. The highest BCUT2D eigenvalue weighted by Gasteiger charge is 2.22. The molecule has 164 valence electrons. The zero-order valence-corrected chi connectivity index (χ0v) is 18.5. The molecule has 1 aliphatic heterocycles. The van der Waals surface area contributed by atoms with Crippen LogP contribution in [-0.4, -0.2) is 37.0 Å². The molecule has 0 saturated carbocycles. The zero-order chi connectivity index (χ0) is 22.2. The summed E-state index contributed by atoms with van der Waals surface area (Å²) in [6, 6.07) is 25.8. The van der Waals surface area contributed by atoms with E-state index < -0.39 is 0 Å². The van der Waals surface area contributed by atoms with Crippen molar-refractivity contribution in [1.29, 1.82) is 0 Å². The Morgan fingerprint density at radius 3 is 2.50 bits per heavy atom. The molecule has 0 N–H and O–H groups in total. The summed E-state index contributed by atoms with van der Waals surface area (Å²) in [5.41, 5.74) is 3.59. The Bertz CT molecular complexity index is 1060. The van der Waals surface area contributed by atoms with E-state index in [2.05, 4.69) is 42.2 Å². The normalized spacial score (nSPS) is 14.3. The first kappa shape index (κ1) is 21.8. The van der Waals surface area contributed by atoms with Crippen LogP contribution >= 0.6 is 0 Å². The van der Waals surface area contributed by atoms with Gasteiger partial charge in [-0.05, 0) is 54.4 Å². The Labute approximate surface area is 190 Å². The quantitative estimate of drug-likeness (QED) is 0.327. The smallest absolute Gasteiger partial charge is 0.196 e. The number of Topliss-reactive ketones (excluding diaryl/α,β-unsaturated/α-hetero) is 1. The predicted molar refractivity (Wildman–Crippen MR) is 128 cm³/mol. The van der Waals surface area contributed by atoms with Crippen LogP contribution < -0.4 is 9.47 Å². The van der Waals surface area contributed by atoms with Gasteiger partial charge in [0, 0.05) is 18.7 Å². The van der Waals surface area contributed by atoms with E-state index in [1.165, 1.54) is 5.56 Å². The van der Waals surface area contributed by atoms with E-state index in [1.807, 2.05) is 48.5 Å². The second-order valence-corrected chi connectivity index (χ2v) is 7.91. The molecule has 3 aromatic carbocycles. The molecule has 1 aliphatic rings. The number of ketones is 1. The van der Waals surface area contributed by atoms with Gasteiger partial charge in [-0.15, -0.1) is 0 Å². The predicted octanol–water partition coefficient (Wildman–Crippen LogP) is 5.64. The Hall–Kier alpha value is -3.37. The van der Waals surface area contributed by atoms with Crippen molar-refractivity contribution >= 4 is 11.9 Å². The minimum absolute atomic E-state index is 0.0307. The van der Waals surface area contributed by atoms with Gasteiger partial charge in [0.05, 0.1) is 12.2 Å². The number of hydrogen-bond donors (Lipinski definition) is 0. The van der Waals surface area contributed by atoms with Gasteiger partial charge in [0.1, 0.15) is 18.1 Å². The van der Waals surface area contributed by atoms with Gasteiger partial charge in [-0.25, -0.2) is 0 Å². The van der Waals surface area contributed by atoms with Crippen molar-refractivity contribution in [2.75, 3.05) is 26.3 Å². The highest BCUT2D eigenvalue weighted by molar-refractivity contribution is 6.14. The van der Waals surface area contributed by atoms with E-state index in [4.69, 9.17) is 9.47 Å². The van der Waals surface area contributed by atoms with E-state index in [1.54, 1.807) is 6.07 Å². The fourth-order valence-corrected chi connectivity index (χ4v) is 3.81. The summed E-state index contributed by atoms with van der Waals surface area (Å²) >= 11 is 0. The standard InChI is InChI=1S/C28H29NO3/c1-2-29(20-23-9-4-3-5-10-23)17-8-18-31-25-15-13-22(14-16-25)19-24-21-32-27-12-7-6-11-26(27)28(24)30/h3-7,9-16,19H,2,8,17-18,20-21H2,1H3/b24-19+. The van der Waals surface area contributed by atoms with E-state index in [9.17, 15) is 4.79 Å². The maximum Gasteiger partial charge on any atom is 0.196 e. The van der Waals surface area contributed by atoms with E-state index in [0.29, 0.717) is 30.1 Å². The molecule has 0 aromatic heterocycles. The van der Waals surface area contributed by atoms with Crippen molar-refractivity contribution in [2.24, 2.45) is 0 Å². The molecular formula is C28H29NO3. The summed E-state index contributed by atoms with van der Waals surface area (Å²) in [5.74, 6) is 1.53. The van der Waals surface area contributed by atoms with Gasteiger partial charge in [-0.1, -0.05) is 61.5 Å². The summed E-state index contributed by atoms with van der Waals surface area (Å²) in [4.78, 5) is 15.1. The van der Waals surface area contributed by atoms with Crippen molar-refractivity contribution in [2.45, 2.75) is 19.9 Å². The summed E-state index contributed by atoms with van der Waals surface area (Å²) in [7, 11) is 0. The topological polar surface area (TPSA) is 38.8 Å². The minimum atomic E-state index is 0.0307. The van der Waals surface area contributed by atoms with Crippen molar-refractivity contribution < 1.29 is 14.3 Å². The molecule has 1 heterocycles. The molecule has 0 amide bonds. The summed E-state index contributed by atoms with van der Waals surface area (Å²) in [5, 5.41) is 0. The van der Waals surface area contributed by atoms with Crippen LogP contribution in [0.25, 0.3) is 6.08 Å². The maximum absolute atomic E-state index is 12.7. The van der Waals surface area contributed by atoms with Crippen molar-refractivity contribution in [3.05, 3.63) is 101 Å².